The molecule has 0 saturated heterocycles. The van der Waals surface area contributed by atoms with Crippen LogP contribution in [-0.4, -0.2) is 11.9 Å². The number of nitrogens with zero attached hydrogens (tertiary/aromatic N) is 1. The van der Waals surface area contributed by atoms with Crippen molar-refractivity contribution in [3.05, 3.63) is 23.8 Å². The molecule has 84 valence electrons. The third kappa shape index (κ3) is 2.33. The Morgan fingerprint density at radius 1 is 1.50 bits per heavy atom. The van der Waals surface area contributed by atoms with E-state index in [9.17, 15) is 5.26 Å². The van der Waals surface area contributed by atoms with E-state index in [2.05, 4.69) is 13.0 Å². The molecule has 0 radical (unpaired) electrons. The zero-order chi connectivity index (χ0) is 11.4. The van der Waals surface area contributed by atoms with Crippen molar-refractivity contribution in [1.82, 2.24) is 0 Å². The maximum atomic E-state index is 9.19. The van der Waals surface area contributed by atoms with Crippen molar-refractivity contribution in [1.29, 1.82) is 5.26 Å². The minimum atomic E-state index is 0.328. The van der Waals surface area contributed by atoms with Crippen molar-refractivity contribution in [2.45, 2.75) is 37.2 Å². The lowest BCUT2D eigenvalue weighted by atomic mass is 9.96. The summed E-state index contributed by atoms with van der Waals surface area (Å²) in [6.45, 7) is 2.09. The number of rotatable bonds is 4. The van der Waals surface area contributed by atoms with Crippen molar-refractivity contribution in [2.75, 3.05) is 5.75 Å². The number of nitriles is 1. The van der Waals surface area contributed by atoms with Gasteiger partial charge in [-0.1, -0.05) is 13.0 Å². The number of ether oxygens (including phenoxy) is 1. The fraction of sp³-hybridized carbons (Fsp3) is 0.462. The van der Waals surface area contributed by atoms with E-state index in [0.29, 0.717) is 11.7 Å². The highest BCUT2D eigenvalue weighted by atomic mass is 32.2. The van der Waals surface area contributed by atoms with Crippen molar-refractivity contribution >= 4 is 11.8 Å². The predicted molar refractivity (Wildman–Crippen MR) is 65.8 cm³/mol. The van der Waals surface area contributed by atoms with Crippen LogP contribution in [0.25, 0.3) is 0 Å². The van der Waals surface area contributed by atoms with E-state index < -0.39 is 0 Å². The summed E-state index contributed by atoms with van der Waals surface area (Å²) in [4.78, 5) is 1.03. The Morgan fingerprint density at radius 2 is 2.31 bits per heavy atom. The molecule has 1 fully saturated rings. The molecule has 0 aromatic heterocycles. The average molecular weight is 233 g/mol. The minimum Gasteiger partial charge on any atom is -0.489 e. The standard InChI is InChI=1S/C13H15NOS/c1-2-16-13-8-4-7-12(11(13)9-14)15-10-5-3-6-10/h4,7-8,10H,2-3,5-6H2,1H3. The molecule has 1 saturated carbocycles. The number of thioether (sulfide) groups is 1. The van der Waals surface area contributed by atoms with Crippen molar-refractivity contribution in [2.24, 2.45) is 0 Å². The van der Waals surface area contributed by atoms with Gasteiger partial charge in [-0.2, -0.15) is 5.26 Å². The van der Waals surface area contributed by atoms with Gasteiger partial charge < -0.3 is 4.74 Å². The quantitative estimate of drug-likeness (QED) is 0.745. The molecular weight excluding hydrogens is 218 g/mol. The average Bonchev–Trinajstić information content (AvgIpc) is 2.24. The molecule has 1 aromatic carbocycles. The molecule has 3 heteroatoms. The van der Waals surface area contributed by atoms with Crippen molar-refractivity contribution in [3.8, 4) is 11.8 Å². The molecule has 0 atom stereocenters. The van der Waals surface area contributed by atoms with Crippen molar-refractivity contribution < 1.29 is 4.74 Å². The molecule has 1 aliphatic rings. The highest BCUT2D eigenvalue weighted by Crippen LogP contribution is 2.32. The third-order valence-corrected chi connectivity index (χ3v) is 3.69. The summed E-state index contributed by atoms with van der Waals surface area (Å²) in [6, 6.07) is 8.11. The Balaban J connectivity index is 2.22. The Bertz CT molecular complexity index is 407. The lowest BCUT2D eigenvalue weighted by Crippen LogP contribution is -2.24. The highest BCUT2D eigenvalue weighted by Gasteiger charge is 2.21. The summed E-state index contributed by atoms with van der Waals surface area (Å²) < 4.78 is 5.82. The first-order chi connectivity index (χ1) is 7.85. The Kier molecular flexibility index (Phi) is 3.74. The van der Waals surface area contributed by atoms with Crippen LogP contribution in [0.5, 0.6) is 5.75 Å². The normalized spacial score (nSPS) is 15.2. The maximum absolute atomic E-state index is 9.19. The Hall–Kier alpha value is -1.14. The Labute approximate surface area is 101 Å². The van der Waals surface area contributed by atoms with E-state index in [-0.39, 0.29) is 0 Å². The molecule has 0 amide bonds. The van der Waals surface area contributed by atoms with Crippen LogP contribution in [0.2, 0.25) is 0 Å². The fourth-order valence-corrected chi connectivity index (χ4v) is 2.44. The second kappa shape index (κ2) is 5.27. The molecule has 1 aliphatic carbocycles. The van der Waals surface area contributed by atoms with Gasteiger partial charge in [0.15, 0.2) is 0 Å². The molecule has 1 aromatic rings. The zero-order valence-electron chi connectivity index (χ0n) is 9.40. The lowest BCUT2D eigenvalue weighted by molar-refractivity contribution is 0.119. The topological polar surface area (TPSA) is 33.0 Å². The van der Waals surface area contributed by atoms with Gasteiger partial charge in [-0.05, 0) is 37.1 Å². The van der Waals surface area contributed by atoms with Gasteiger partial charge in [0, 0.05) is 4.90 Å². The summed E-state index contributed by atoms with van der Waals surface area (Å²) in [5.74, 6) is 1.73. The number of benzene rings is 1. The Morgan fingerprint density at radius 3 is 2.88 bits per heavy atom. The summed E-state index contributed by atoms with van der Waals surface area (Å²) >= 11 is 1.69. The molecule has 2 nitrogen and oxygen atoms in total. The summed E-state index contributed by atoms with van der Waals surface area (Å²) in [6.07, 6.45) is 3.82. The molecule has 0 heterocycles. The molecule has 0 spiro atoms. The zero-order valence-corrected chi connectivity index (χ0v) is 10.2. The summed E-state index contributed by atoms with van der Waals surface area (Å²) in [7, 11) is 0. The van der Waals surface area contributed by atoms with E-state index in [4.69, 9.17) is 4.74 Å². The van der Waals surface area contributed by atoms with Crippen LogP contribution in [0.1, 0.15) is 31.7 Å². The van der Waals surface area contributed by atoms with Gasteiger partial charge in [-0.25, -0.2) is 0 Å². The van der Waals surface area contributed by atoms with Gasteiger partial charge in [0.2, 0.25) is 0 Å². The van der Waals surface area contributed by atoms with E-state index in [1.165, 1.54) is 6.42 Å². The first-order valence-electron chi connectivity index (χ1n) is 5.67. The third-order valence-electron chi connectivity index (χ3n) is 2.75. The van der Waals surface area contributed by atoms with Gasteiger partial charge >= 0.3 is 0 Å². The van der Waals surface area contributed by atoms with E-state index in [0.717, 1.165) is 29.2 Å². The lowest BCUT2D eigenvalue weighted by Gasteiger charge is -2.27. The summed E-state index contributed by atoms with van der Waals surface area (Å²) in [5, 5.41) is 9.19. The smallest absolute Gasteiger partial charge is 0.138 e. The van der Waals surface area contributed by atoms with Crippen LogP contribution < -0.4 is 4.74 Å². The predicted octanol–water partition coefficient (Wildman–Crippen LogP) is 3.60. The molecule has 0 N–H and O–H groups in total. The van der Waals surface area contributed by atoms with Gasteiger partial charge in [0.05, 0.1) is 6.10 Å². The van der Waals surface area contributed by atoms with E-state index >= 15 is 0 Å². The fourth-order valence-electron chi connectivity index (χ4n) is 1.66. The van der Waals surface area contributed by atoms with Crippen LogP contribution in [0.4, 0.5) is 0 Å². The first-order valence-corrected chi connectivity index (χ1v) is 6.66. The summed E-state index contributed by atoms with van der Waals surface area (Å²) in [5.41, 5.74) is 0.696. The van der Waals surface area contributed by atoms with Crippen LogP contribution in [-0.2, 0) is 0 Å². The van der Waals surface area contributed by atoms with Crippen LogP contribution in [0, 0.1) is 11.3 Å². The second-order valence-electron chi connectivity index (χ2n) is 3.84. The molecule has 16 heavy (non-hydrogen) atoms. The maximum Gasteiger partial charge on any atom is 0.138 e. The number of hydrogen-bond acceptors (Lipinski definition) is 3. The highest BCUT2D eigenvalue weighted by molar-refractivity contribution is 7.99. The van der Waals surface area contributed by atoms with E-state index in [1.54, 1.807) is 11.8 Å². The largest absolute Gasteiger partial charge is 0.489 e. The first kappa shape index (κ1) is 11.3. The molecular formula is C13H15NOS. The van der Waals surface area contributed by atoms with Gasteiger partial charge in [0.1, 0.15) is 17.4 Å². The molecule has 0 aliphatic heterocycles. The minimum absolute atomic E-state index is 0.328. The van der Waals surface area contributed by atoms with Crippen molar-refractivity contribution in [3.63, 3.8) is 0 Å². The SMILES string of the molecule is CCSc1cccc(OC2CCC2)c1C#N. The van der Waals surface area contributed by atoms with E-state index in [1.807, 2.05) is 18.2 Å². The second-order valence-corrected chi connectivity index (χ2v) is 5.15. The molecule has 0 bridgehead atoms. The van der Waals surface area contributed by atoms with Gasteiger partial charge in [-0.3, -0.25) is 0 Å². The van der Waals surface area contributed by atoms with Crippen LogP contribution in [0.3, 0.4) is 0 Å². The number of hydrogen-bond donors (Lipinski definition) is 0. The monoisotopic (exact) mass is 233 g/mol. The molecule has 0 unspecified atom stereocenters. The van der Waals surface area contributed by atoms with Gasteiger partial charge in [0.25, 0.3) is 0 Å². The molecule has 2 rings (SSSR count). The van der Waals surface area contributed by atoms with Crippen LogP contribution in [0.15, 0.2) is 23.1 Å². The van der Waals surface area contributed by atoms with Gasteiger partial charge in [-0.15, -0.1) is 11.8 Å². The van der Waals surface area contributed by atoms with Crippen LogP contribution >= 0.6 is 11.8 Å².